The van der Waals surface area contributed by atoms with Crippen LogP contribution in [0.5, 0.6) is 5.75 Å². The van der Waals surface area contributed by atoms with Gasteiger partial charge in [-0.1, -0.05) is 6.07 Å². The smallest absolute Gasteiger partial charge is 0.254 e. The van der Waals surface area contributed by atoms with Crippen LogP contribution < -0.4 is 4.74 Å². The minimum absolute atomic E-state index is 0.0234. The van der Waals surface area contributed by atoms with Gasteiger partial charge in [0.2, 0.25) is 5.91 Å². The van der Waals surface area contributed by atoms with Crippen molar-refractivity contribution in [3.05, 3.63) is 29.8 Å². The third-order valence-electron chi connectivity index (χ3n) is 5.41. The van der Waals surface area contributed by atoms with E-state index in [9.17, 15) is 9.59 Å². The Labute approximate surface area is 160 Å². The van der Waals surface area contributed by atoms with Crippen LogP contribution in [-0.2, 0) is 9.53 Å². The lowest BCUT2D eigenvalue weighted by Gasteiger charge is -2.26. The third kappa shape index (κ3) is 4.59. The van der Waals surface area contributed by atoms with E-state index in [1.807, 2.05) is 28.0 Å². The maximum absolute atomic E-state index is 12.8. The number of ether oxygens (including phenoxy) is 2. The van der Waals surface area contributed by atoms with Gasteiger partial charge in [0, 0.05) is 51.9 Å². The number of methoxy groups -OCH3 is 2. The van der Waals surface area contributed by atoms with Crippen molar-refractivity contribution in [3.8, 4) is 5.75 Å². The number of nitrogens with zero attached hydrogens (tertiary/aromatic N) is 3. The van der Waals surface area contributed by atoms with Gasteiger partial charge in [0.15, 0.2) is 0 Å². The molecular weight excluding hydrogens is 346 g/mol. The lowest BCUT2D eigenvalue weighted by atomic mass is 10.2. The molecule has 7 nitrogen and oxygen atoms in total. The second-order valence-corrected chi connectivity index (χ2v) is 7.04. The van der Waals surface area contributed by atoms with Gasteiger partial charge < -0.3 is 19.3 Å². The van der Waals surface area contributed by atoms with Gasteiger partial charge in [-0.2, -0.15) is 0 Å². The van der Waals surface area contributed by atoms with Crippen molar-refractivity contribution in [1.82, 2.24) is 14.7 Å². The summed E-state index contributed by atoms with van der Waals surface area (Å²) in [4.78, 5) is 31.5. The molecule has 3 rings (SSSR count). The summed E-state index contributed by atoms with van der Waals surface area (Å²) < 4.78 is 10.3. The topological polar surface area (TPSA) is 62.3 Å². The van der Waals surface area contributed by atoms with Crippen LogP contribution in [0.4, 0.5) is 0 Å². The molecule has 0 aromatic heterocycles. The molecule has 1 atom stereocenters. The Morgan fingerprint density at radius 1 is 1.15 bits per heavy atom. The Morgan fingerprint density at radius 2 is 2.00 bits per heavy atom. The highest BCUT2D eigenvalue weighted by atomic mass is 16.5. The van der Waals surface area contributed by atoms with Gasteiger partial charge in [-0.3, -0.25) is 14.5 Å². The van der Waals surface area contributed by atoms with Crippen molar-refractivity contribution >= 4 is 11.8 Å². The van der Waals surface area contributed by atoms with Crippen molar-refractivity contribution < 1.29 is 19.1 Å². The molecule has 2 fully saturated rings. The second kappa shape index (κ2) is 9.19. The van der Waals surface area contributed by atoms with E-state index in [2.05, 4.69) is 4.90 Å². The molecular formula is C20H29N3O4. The number of hydrogen-bond donors (Lipinski definition) is 0. The van der Waals surface area contributed by atoms with Gasteiger partial charge in [0.05, 0.1) is 19.8 Å². The summed E-state index contributed by atoms with van der Waals surface area (Å²) in [5, 5.41) is 0. The first-order chi connectivity index (χ1) is 13.1. The number of hydrogen-bond acceptors (Lipinski definition) is 5. The van der Waals surface area contributed by atoms with Crippen molar-refractivity contribution in [1.29, 1.82) is 0 Å². The fourth-order valence-corrected chi connectivity index (χ4v) is 3.88. The molecule has 2 saturated heterocycles. The maximum atomic E-state index is 12.8. The molecule has 27 heavy (non-hydrogen) atoms. The normalized spacial score (nSPS) is 21.4. The van der Waals surface area contributed by atoms with E-state index >= 15 is 0 Å². The summed E-state index contributed by atoms with van der Waals surface area (Å²) in [6.45, 7) is 4.93. The predicted molar refractivity (Wildman–Crippen MR) is 102 cm³/mol. The molecule has 0 unspecified atom stereocenters. The van der Waals surface area contributed by atoms with Gasteiger partial charge in [0.1, 0.15) is 5.75 Å². The summed E-state index contributed by atoms with van der Waals surface area (Å²) in [5.74, 6) is 0.903. The van der Waals surface area contributed by atoms with Crippen LogP contribution in [0.1, 0.15) is 23.2 Å². The van der Waals surface area contributed by atoms with Crippen molar-refractivity contribution in [2.24, 2.45) is 0 Å². The SMILES string of the molecule is COCCN1CC[C@H](N2CCCN(C(=O)c3cccc(OC)c3)CC2)C1=O. The Morgan fingerprint density at radius 3 is 2.78 bits per heavy atom. The van der Waals surface area contributed by atoms with E-state index in [0.29, 0.717) is 37.6 Å². The quantitative estimate of drug-likeness (QED) is 0.745. The van der Waals surface area contributed by atoms with Crippen LogP contribution >= 0.6 is 0 Å². The largest absolute Gasteiger partial charge is 0.497 e. The molecule has 0 bridgehead atoms. The monoisotopic (exact) mass is 375 g/mol. The third-order valence-corrected chi connectivity index (χ3v) is 5.41. The zero-order chi connectivity index (χ0) is 19.2. The summed E-state index contributed by atoms with van der Waals surface area (Å²) in [7, 11) is 3.25. The molecule has 0 aliphatic carbocycles. The zero-order valence-corrected chi connectivity index (χ0v) is 16.2. The van der Waals surface area contributed by atoms with Crippen LogP contribution in [0.15, 0.2) is 24.3 Å². The molecule has 1 aromatic rings. The predicted octanol–water partition coefficient (Wildman–Crippen LogP) is 1.09. The van der Waals surface area contributed by atoms with Gasteiger partial charge >= 0.3 is 0 Å². The fourth-order valence-electron chi connectivity index (χ4n) is 3.88. The first-order valence-corrected chi connectivity index (χ1v) is 9.59. The highest BCUT2D eigenvalue weighted by molar-refractivity contribution is 5.94. The fraction of sp³-hybridized carbons (Fsp3) is 0.600. The molecule has 0 spiro atoms. The highest BCUT2D eigenvalue weighted by Crippen LogP contribution is 2.20. The Kier molecular flexibility index (Phi) is 6.68. The Hall–Kier alpha value is -2.12. The zero-order valence-electron chi connectivity index (χ0n) is 16.2. The van der Waals surface area contributed by atoms with Crippen LogP contribution in [0, 0.1) is 0 Å². The first kappa shape index (κ1) is 19.6. The number of benzene rings is 1. The molecule has 2 amide bonds. The molecule has 0 saturated carbocycles. The molecule has 2 aliphatic rings. The molecule has 0 radical (unpaired) electrons. The van der Waals surface area contributed by atoms with Crippen molar-refractivity contribution in [2.75, 3.05) is 60.1 Å². The number of carbonyl (C=O) groups excluding carboxylic acids is 2. The first-order valence-electron chi connectivity index (χ1n) is 9.59. The maximum Gasteiger partial charge on any atom is 0.254 e. The van der Waals surface area contributed by atoms with Crippen LogP contribution in [0.2, 0.25) is 0 Å². The van der Waals surface area contributed by atoms with Gasteiger partial charge in [-0.05, 0) is 31.0 Å². The lowest BCUT2D eigenvalue weighted by molar-refractivity contribution is -0.132. The molecule has 0 N–H and O–H groups in total. The van der Waals surface area contributed by atoms with Crippen LogP contribution in [0.25, 0.3) is 0 Å². The van der Waals surface area contributed by atoms with E-state index < -0.39 is 0 Å². The van der Waals surface area contributed by atoms with Gasteiger partial charge in [-0.25, -0.2) is 0 Å². The number of carbonyl (C=O) groups is 2. The lowest BCUT2D eigenvalue weighted by Crippen LogP contribution is -2.44. The molecule has 7 heteroatoms. The number of likely N-dealkylation sites (tertiary alicyclic amines) is 1. The average molecular weight is 375 g/mol. The molecule has 1 aromatic carbocycles. The van der Waals surface area contributed by atoms with Gasteiger partial charge in [0.25, 0.3) is 5.91 Å². The number of rotatable bonds is 6. The highest BCUT2D eigenvalue weighted by Gasteiger charge is 2.36. The molecule has 2 heterocycles. The molecule has 2 aliphatic heterocycles. The van der Waals surface area contributed by atoms with E-state index in [0.717, 1.165) is 32.5 Å². The van der Waals surface area contributed by atoms with E-state index in [1.165, 1.54) is 0 Å². The van der Waals surface area contributed by atoms with E-state index in [1.54, 1.807) is 20.3 Å². The Balaban J connectivity index is 1.59. The number of amides is 2. The van der Waals surface area contributed by atoms with E-state index in [4.69, 9.17) is 9.47 Å². The van der Waals surface area contributed by atoms with Crippen molar-refractivity contribution in [3.63, 3.8) is 0 Å². The van der Waals surface area contributed by atoms with Gasteiger partial charge in [-0.15, -0.1) is 0 Å². The minimum Gasteiger partial charge on any atom is -0.497 e. The summed E-state index contributed by atoms with van der Waals surface area (Å²) in [6.07, 6.45) is 1.73. The van der Waals surface area contributed by atoms with Crippen molar-refractivity contribution in [2.45, 2.75) is 18.9 Å². The summed E-state index contributed by atoms with van der Waals surface area (Å²) >= 11 is 0. The second-order valence-electron chi connectivity index (χ2n) is 7.04. The van der Waals surface area contributed by atoms with E-state index in [-0.39, 0.29) is 17.9 Å². The molecule has 148 valence electrons. The Bertz CT molecular complexity index is 666. The van der Waals surface area contributed by atoms with Crippen LogP contribution in [-0.4, -0.2) is 92.7 Å². The summed E-state index contributed by atoms with van der Waals surface area (Å²) in [5.41, 5.74) is 0.644. The average Bonchev–Trinajstić information content (AvgIpc) is 2.91. The standard InChI is InChI=1S/C20H29N3O4/c1-26-14-13-23-10-7-18(20(23)25)21-8-4-9-22(12-11-21)19(24)16-5-3-6-17(15-16)27-2/h3,5-6,15,18H,4,7-14H2,1-2H3/t18-/m0/s1. The van der Waals surface area contributed by atoms with Crippen LogP contribution in [0.3, 0.4) is 0 Å². The summed E-state index contributed by atoms with van der Waals surface area (Å²) in [6, 6.07) is 7.21. The minimum atomic E-state index is -0.0614.